The molecular formula is C16H17BrN4O. The van der Waals surface area contributed by atoms with Gasteiger partial charge in [-0.15, -0.1) is 0 Å². The van der Waals surface area contributed by atoms with Gasteiger partial charge in [-0.3, -0.25) is 9.78 Å². The summed E-state index contributed by atoms with van der Waals surface area (Å²) in [4.78, 5) is 16.1. The van der Waals surface area contributed by atoms with Gasteiger partial charge < -0.3 is 5.32 Å². The van der Waals surface area contributed by atoms with Crippen LogP contribution in [0, 0.1) is 0 Å². The van der Waals surface area contributed by atoms with Crippen LogP contribution in [0.25, 0.3) is 0 Å². The zero-order chi connectivity index (χ0) is 15.4. The molecule has 2 unspecified atom stereocenters. The van der Waals surface area contributed by atoms with Crippen molar-refractivity contribution in [1.29, 1.82) is 0 Å². The van der Waals surface area contributed by atoms with Crippen molar-refractivity contribution in [1.82, 2.24) is 21.2 Å². The number of carbonyl (C=O) groups is 1. The minimum absolute atomic E-state index is 0.0111. The fourth-order valence-electron chi connectivity index (χ4n) is 2.50. The van der Waals surface area contributed by atoms with Gasteiger partial charge in [-0.1, -0.05) is 28.1 Å². The topological polar surface area (TPSA) is 66.0 Å². The van der Waals surface area contributed by atoms with Crippen molar-refractivity contribution in [2.24, 2.45) is 0 Å². The molecule has 0 spiro atoms. The smallest absolute Gasteiger partial charge is 0.225 e. The van der Waals surface area contributed by atoms with Crippen molar-refractivity contribution in [3.63, 3.8) is 0 Å². The van der Waals surface area contributed by atoms with Crippen LogP contribution in [0.4, 0.5) is 0 Å². The van der Waals surface area contributed by atoms with Crippen LogP contribution in [0.2, 0.25) is 0 Å². The van der Waals surface area contributed by atoms with Gasteiger partial charge in [0.15, 0.2) is 0 Å². The Morgan fingerprint density at radius 3 is 2.64 bits per heavy atom. The van der Waals surface area contributed by atoms with Gasteiger partial charge in [-0.2, -0.15) is 0 Å². The Hall–Kier alpha value is -1.76. The summed E-state index contributed by atoms with van der Waals surface area (Å²) in [6.07, 6.45) is 4.66. The molecule has 0 radical (unpaired) electrons. The maximum absolute atomic E-state index is 12.1. The number of rotatable bonds is 4. The maximum Gasteiger partial charge on any atom is 0.225 e. The first-order valence-electron chi connectivity index (χ1n) is 7.15. The molecule has 1 fully saturated rings. The largest absolute Gasteiger partial charge is 0.339 e. The summed E-state index contributed by atoms with van der Waals surface area (Å²) in [6.45, 7) is 0. The van der Waals surface area contributed by atoms with Crippen LogP contribution in [-0.2, 0) is 11.2 Å². The highest BCUT2D eigenvalue weighted by atomic mass is 79.9. The monoisotopic (exact) mass is 360 g/mol. The molecule has 3 rings (SSSR count). The molecule has 0 bridgehead atoms. The van der Waals surface area contributed by atoms with E-state index in [0.717, 1.165) is 22.0 Å². The Morgan fingerprint density at radius 2 is 1.91 bits per heavy atom. The van der Waals surface area contributed by atoms with E-state index in [-0.39, 0.29) is 18.1 Å². The Bertz CT molecular complexity index is 632. The van der Waals surface area contributed by atoms with E-state index in [9.17, 15) is 4.79 Å². The summed E-state index contributed by atoms with van der Waals surface area (Å²) in [5.41, 5.74) is 8.48. The van der Waals surface area contributed by atoms with Gasteiger partial charge in [-0.05, 0) is 35.4 Å². The highest BCUT2D eigenvalue weighted by Gasteiger charge is 2.25. The molecule has 0 aliphatic carbocycles. The van der Waals surface area contributed by atoms with Gasteiger partial charge in [0.05, 0.1) is 12.6 Å². The highest BCUT2D eigenvalue weighted by molar-refractivity contribution is 9.10. The molecule has 1 aromatic carbocycles. The molecule has 22 heavy (non-hydrogen) atoms. The van der Waals surface area contributed by atoms with Crippen LogP contribution in [-0.4, -0.2) is 17.1 Å². The SMILES string of the molecule is O=C(Cc1ccc(Br)cc1)NC1CC(c2ccncc2)NN1. The van der Waals surface area contributed by atoms with Gasteiger partial charge in [0.2, 0.25) is 5.91 Å². The average Bonchev–Trinajstić information content (AvgIpc) is 2.99. The number of nitrogens with zero attached hydrogens (tertiary/aromatic N) is 1. The Kier molecular flexibility index (Phi) is 4.82. The molecule has 3 N–H and O–H groups in total. The molecule has 0 saturated carbocycles. The lowest BCUT2D eigenvalue weighted by atomic mass is 10.1. The lowest BCUT2D eigenvalue weighted by Crippen LogP contribution is -2.44. The number of halogens is 1. The summed E-state index contributed by atoms with van der Waals surface area (Å²) in [7, 11) is 0. The Morgan fingerprint density at radius 1 is 1.18 bits per heavy atom. The molecule has 114 valence electrons. The zero-order valence-electron chi connectivity index (χ0n) is 11.9. The van der Waals surface area contributed by atoms with Crippen molar-refractivity contribution in [3.8, 4) is 0 Å². The van der Waals surface area contributed by atoms with Crippen molar-refractivity contribution >= 4 is 21.8 Å². The third kappa shape index (κ3) is 3.91. The van der Waals surface area contributed by atoms with E-state index in [1.807, 2.05) is 36.4 Å². The number of benzene rings is 1. The zero-order valence-corrected chi connectivity index (χ0v) is 13.5. The second kappa shape index (κ2) is 7.00. The third-order valence-electron chi connectivity index (χ3n) is 3.62. The summed E-state index contributed by atoms with van der Waals surface area (Å²) in [5.74, 6) is 0.0111. The van der Waals surface area contributed by atoms with Crippen LogP contribution in [0.5, 0.6) is 0 Å². The van der Waals surface area contributed by atoms with E-state index in [0.29, 0.717) is 6.42 Å². The van der Waals surface area contributed by atoms with Crippen LogP contribution in [0.1, 0.15) is 23.6 Å². The second-order valence-corrected chi connectivity index (χ2v) is 6.20. The van der Waals surface area contributed by atoms with Gasteiger partial charge >= 0.3 is 0 Å². The molecule has 1 aromatic heterocycles. The Balaban J connectivity index is 1.51. The molecule has 2 atom stereocenters. The first-order valence-corrected chi connectivity index (χ1v) is 7.95. The summed E-state index contributed by atoms with van der Waals surface area (Å²) in [6, 6.07) is 11.9. The van der Waals surface area contributed by atoms with Gasteiger partial charge in [0, 0.05) is 29.3 Å². The van der Waals surface area contributed by atoms with Gasteiger partial charge in [0.1, 0.15) is 0 Å². The third-order valence-corrected chi connectivity index (χ3v) is 4.15. The van der Waals surface area contributed by atoms with Crippen LogP contribution >= 0.6 is 15.9 Å². The van der Waals surface area contributed by atoms with E-state index >= 15 is 0 Å². The quantitative estimate of drug-likeness (QED) is 0.780. The number of aromatic nitrogens is 1. The summed E-state index contributed by atoms with van der Waals surface area (Å²) >= 11 is 3.39. The van der Waals surface area contributed by atoms with E-state index in [1.165, 1.54) is 0 Å². The van der Waals surface area contributed by atoms with E-state index in [4.69, 9.17) is 0 Å². The van der Waals surface area contributed by atoms with Crippen molar-refractivity contribution in [2.45, 2.75) is 25.0 Å². The molecule has 2 aromatic rings. The number of carbonyl (C=O) groups excluding carboxylic acids is 1. The van der Waals surface area contributed by atoms with Crippen LogP contribution < -0.4 is 16.2 Å². The molecular weight excluding hydrogens is 344 g/mol. The average molecular weight is 361 g/mol. The van der Waals surface area contributed by atoms with Gasteiger partial charge in [-0.25, -0.2) is 10.9 Å². The second-order valence-electron chi connectivity index (χ2n) is 5.28. The number of hydrazine groups is 1. The van der Waals surface area contributed by atoms with Crippen LogP contribution in [0.3, 0.4) is 0 Å². The normalized spacial score (nSPS) is 20.8. The fraction of sp³-hybridized carbons (Fsp3) is 0.250. The fourth-order valence-corrected chi connectivity index (χ4v) is 2.76. The Labute approximate surface area is 137 Å². The first-order chi connectivity index (χ1) is 10.7. The standard InChI is InChI=1S/C16H17BrN4O/c17-13-3-1-11(2-4-13)9-16(22)19-15-10-14(20-21-15)12-5-7-18-8-6-12/h1-8,14-15,20-21H,9-10H2,(H,19,22). The molecule has 2 heterocycles. The van der Waals surface area contributed by atoms with Crippen molar-refractivity contribution in [3.05, 3.63) is 64.4 Å². The summed E-state index contributed by atoms with van der Waals surface area (Å²) < 4.78 is 1.01. The van der Waals surface area contributed by atoms with E-state index in [1.54, 1.807) is 12.4 Å². The number of pyridine rings is 1. The molecule has 1 amide bonds. The number of hydrogen-bond acceptors (Lipinski definition) is 4. The number of nitrogens with one attached hydrogen (secondary N) is 3. The lowest BCUT2D eigenvalue weighted by Gasteiger charge is -2.12. The number of hydrogen-bond donors (Lipinski definition) is 3. The minimum Gasteiger partial charge on any atom is -0.339 e. The molecule has 6 heteroatoms. The highest BCUT2D eigenvalue weighted by Crippen LogP contribution is 2.20. The van der Waals surface area contributed by atoms with Crippen LogP contribution in [0.15, 0.2) is 53.3 Å². The lowest BCUT2D eigenvalue weighted by molar-refractivity contribution is -0.121. The molecule has 5 nitrogen and oxygen atoms in total. The summed E-state index contributed by atoms with van der Waals surface area (Å²) in [5, 5.41) is 3.00. The predicted octanol–water partition coefficient (Wildman–Crippen LogP) is 2.07. The molecule has 1 saturated heterocycles. The predicted molar refractivity (Wildman–Crippen MR) is 87.6 cm³/mol. The van der Waals surface area contributed by atoms with Gasteiger partial charge in [0.25, 0.3) is 0 Å². The maximum atomic E-state index is 12.1. The molecule has 1 aliphatic rings. The van der Waals surface area contributed by atoms with Crippen molar-refractivity contribution < 1.29 is 4.79 Å². The minimum atomic E-state index is -0.0684. The number of amides is 1. The van der Waals surface area contributed by atoms with Crippen molar-refractivity contribution in [2.75, 3.05) is 0 Å². The molecule has 1 aliphatic heterocycles. The van der Waals surface area contributed by atoms with E-state index < -0.39 is 0 Å². The van der Waals surface area contributed by atoms with E-state index in [2.05, 4.69) is 37.1 Å². The first kappa shape index (κ1) is 15.1.